The van der Waals surface area contributed by atoms with Gasteiger partial charge >= 0.3 is 17.9 Å². The molecule has 0 aromatic heterocycles. The maximum atomic E-state index is 12.5. The number of hydrogen-bond acceptors (Lipinski definition) is 6. The summed E-state index contributed by atoms with van der Waals surface area (Å²) in [7, 11) is 0. The van der Waals surface area contributed by atoms with Gasteiger partial charge in [-0.15, -0.1) is 0 Å². The van der Waals surface area contributed by atoms with E-state index in [1.165, 1.54) is 12.8 Å². The third-order valence-electron chi connectivity index (χ3n) is 5.96. The molecule has 2 fully saturated rings. The molecule has 0 saturated heterocycles. The van der Waals surface area contributed by atoms with E-state index < -0.39 is 11.9 Å². The zero-order chi connectivity index (χ0) is 21.6. The molecule has 0 unspecified atom stereocenters. The minimum atomic E-state index is -0.444. The largest absolute Gasteiger partial charge is 0.465 e. The first-order valence-electron chi connectivity index (χ1n) is 11.8. The van der Waals surface area contributed by atoms with E-state index in [0.717, 1.165) is 44.9 Å². The molecule has 30 heavy (non-hydrogen) atoms. The Morgan fingerprint density at radius 1 is 0.833 bits per heavy atom. The van der Waals surface area contributed by atoms with Gasteiger partial charge in [0, 0.05) is 12.0 Å². The first-order valence-corrected chi connectivity index (χ1v) is 11.8. The molecule has 0 N–H and O–H groups in total. The highest BCUT2D eigenvalue weighted by Crippen LogP contribution is 2.27. The van der Waals surface area contributed by atoms with Crippen LogP contribution in [0, 0.1) is 11.8 Å². The Bertz CT molecular complexity index is 574. The second-order valence-electron chi connectivity index (χ2n) is 8.60. The molecule has 6 nitrogen and oxygen atoms in total. The van der Waals surface area contributed by atoms with Crippen molar-refractivity contribution in [1.29, 1.82) is 0 Å². The quantitative estimate of drug-likeness (QED) is 0.162. The van der Waals surface area contributed by atoms with Crippen LogP contribution in [-0.4, -0.2) is 37.7 Å². The third kappa shape index (κ3) is 9.77. The molecule has 0 aromatic carbocycles. The summed E-state index contributed by atoms with van der Waals surface area (Å²) in [4.78, 5) is 36.4. The summed E-state index contributed by atoms with van der Waals surface area (Å²) in [6.07, 6.45) is 12.8. The van der Waals surface area contributed by atoms with Gasteiger partial charge in [-0.2, -0.15) is 0 Å². The smallest absolute Gasteiger partial charge is 0.334 e. The Morgan fingerprint density at radius 2 is 1.50 bits per heavy atom. The molecule has 2 rings (SSSR count). The van der Waals surface area contributed by atoms with Gasteiger partial charge in [-0.1, -0.05) is 38.7 Å². The lowest BCUT2D eigenvalue weighted by Crippen LogP contribution is -2.22. The fraction of sp³-hybridized carbons (Fsp3) is 0.792. The molecule has 0 amide bonds. The number of esters is 3. The van der Waals surface area contributed by atoms with Crippen molar-refractivity contribution in [2.24, 2.45) is 11.8 Å². The minimum Gasteiger partial charge on any atom is -0.465 e. The van der Waals surface area contributed by atoms with Crippen molar-refractivity contribution >= 4 is 17.9 Å². The zero-order valence-corrected chi connectivity index (χ0v) is 18.5. The van der Waals surface area contributed by atoms with E-state index in [4.69, 9.17) is 14.2 Å². The van der Waals surface area contributed by atoms with Crippen molar-refractivity contribution in [1.82, 2.24) is 0 Å². The molecule has 170 valence electrons. The first kappa shape index (κ1) is 24.4. The van der Waals surface area contributed by atoms with E-state index in [-0.39, 0.29) is 12.4 Å². The van der Waals surface area contributed by atoms with Gasteiger partial charge in [0.15, 0.2) is 0 Å². The molecule has 0 spiro atoms. The molecule has 6 heteroatoms. The van der Waals surface area contributed by atoms with Crippen LogP contribution in [-0.2, 0) is 28.6 Å². The van der Waals surface area contributed by atoms with E-state index in [0.29, 0.717) is 56.5 Å². The molecule has 0 heterocycles. The normalized spacial score (nSPS) is 17.0. The van der Waals surface area contributed by atoms with E-state index in [2.05, 4.69) is 6.92 Å². The van der Waals surface area contributed by atoms with Crippen LogP contribution in [0.3, 0.4) is 0 Å². The maximum absolute atomic E-state index is 12.5. The fourth-order valence-corrected chi connectivity index (χ4v) is 3.38. The lowest BCUT2D eigenvalue weighted by atomic mass is 9.86. The highest BCUT2D eigenvalue weighted by atomic mass is 16.5. The Kier molecular flexibility index (Phi) is 11.6. The molecule has 0 aliphatic heterocycles. The molecular formula is C24H38O6. The Labute approximate surface area is 180 Å². The van der Waals surface area contributed by atoms with Gasteiger partial charge in [0.1, 0.15) is 0 Å². The van der Waals surface area contributed by atoms with Gasteiger partial charge < -0.3 is 14.2 Å². The van der Waals surface area contributed by atoms with E-state index in [9.17, 15) is 14.4 Å². The van der Waals surface area contributed by atoms with Crippen molar-refractivity contribution in [3.05, 3.63) is 11.6 Å². The molecule has 2 saturated carbocycles. The van der Waals surface area contributed by atoms with Crippen LogP contribution in [0.4, 0.5) is 0 Å². The summed E-state index contributed by atoms with van der Waals surface area (Å²) in [6, 6.07) is 0. The number of ether oxygens (including phenoxy) is 3. The van der Waals surface area contributed by atoms with Crippen molar-refractivity contribution in [3.63, 3.8) is 0 Å². The van der Waals surface area contributed by atoms with Gasteiger partial charge in [-0.25, -0.2) is 4.79 Å². The third-order valence-corrected chi connectivity index (χ3v) is 5.96. The monoisotopic (exact) mass is 422 g/mol. The molecule has 0 aromatic rings. The van der Waals surface area contributed by atoms with Crippen LogP contribution in [0.25, 0.3) is 0 Å². The average Bonchev–Trinajstić information content (AvgIpc) is 2.65. The Balaban J connectivity index is 1.73. The van der Waals surface area contributed by atoms with Crippen LogP contribution in [0.15, 0.2) is 11.6 Å². The Morgan fingerprint density at radius 3 is 2.10 bits per heavy atom. The van der Waals surface area contributed by atoms with Crippen LogP contribution >= 0.6 is 0 Å². The van der Waals surface area contributed by atoms with Gasteiger partial charge in [0.2, 0.25) is 0 Å². The standard InChI is InChI=1S/C24H38O6/c1-2-3-6-15-28-23(26)16-21(24(27)30-18-20-11-8-12-20)13-4-5-14-22(25)29-17-19-9-7-10-19/h13,19-20H,2-12,14-18H2,1H3/b21-13-. The lowest BCUT2D eigenvalue weighted by molar-refractivity contribution is -0.147. The number of allylic oxidation sites excluding steroid dienone is 1. The predicted octanol–water partition coefficient (Wildman–Crippen LogP) is 4.89. The fourth-order valence-electron chi connectivity index (χ4n) is 3.38. The molecule has 0 bridgehead atoms. The molecule has 2 aliphatic rings. The van der Waals surface area contributed by atoms with Gasteiger partial charge in [0.25, 0.3) is 0 Å². The van der Waals surface area contributed by atoms with E-state index >= 15 is 0 Å². The van der Waals surface area contributed by atoms with Crippen LogP contribution < -0.4 is 0 Å². The second kappa shape index (κ2) is 14.2. The highest BCUT2D eigenvalue weighted by Gasteiger charge is 2.22. The summed E-state index contributed by atoms with van der Waals surface area (Å²) < 4.78 is 15.9. The van der Waals surface area contributed by atoms with Gasteiger partial charge in [-0.3, -0.25) is 9.59 Å². The number of unbranched alkanes of at least 4 members (excludes halogenated alkanes) is 3. The minimum absolute atomic E-state index is 0.0816. The highest BCUT2D eigenvalue weighted by molar-refractivity contribution is 5.93. The summed E-state index contributed by atoms with van der Waals surface area (Å²) in [5, 5.41) is 0. The lowest BCUT2D eigenvalue weighted by Gasteiger charge is -2.24. The first-order chi connectivity index (χ1) is 14.6. The van der Waals surface area contributed by atoms with E-state index in [1.54, 1.807) is 6.08 Å². The van der Waals surface area contributed by atoms with Crippen LogP contribution in [0.1, 0.15) is 90.4 Å². The SMILES string of the molecule is CCCCCOC(=O)C/C(=C/CCCC(=O)OCC1CCC1)C(=O)OCC1CCC1. The summed E-state index contributed by atoms with van der Waals surface area (Å²) in [5.74, 6) is -0.0616. The van der Waals surface area contributed by atoms with Crippen molar-refractivity contribution < 1.29 is 28.6 Å². The number of carbonyl (C=O) groups excluding carboxylic acids is 3. The molecular weight excluding hydrogens is 384 g/mol. The van der Waals surface area contributed by atoms with Gasteiger partial charge in [-0.05, 0) is 56.8 Å². The van der Waals surface area contributed by atoms with Crippen LogP contribution in [0.5, 0.6) is 0 Å². The van der Waals surface area contributed by atoms with E-state index in [1.807, 2.05) is 0 Å². The summed E-state index contributed by atoms with van der Waals surface area (Å²) in [5.41, 5.74) is 0.331. The average molecular weight is 423 g/mol. The molecule has 0 atom stereocenters. The molecule has 0 radical (unpaired) electrons. The predicted molar refractivity (Wildman–Crippen MR) is 114 cm³/mol. The molecule has 2 aliphatic carbocycles. The topological polar surface area (TPSA) is 78.9 Å². The summed E-state index contributed by atoms with van der Waals surface area (Å²) >= 11 is 0. The number of hydrogen-bond donors (Lipinski definition) is 0. The summed E-state index contributed by atoms with van der Waals surface area (Å²) in [6.45, 7) is 3.40. The Hall–Kier alpha value is -1.85. The van der Waals surface area contributed by atoms with Crippen molar-refractivity contribution in [2.45, 2.75) is 90.4 Å². The van der Waals surface area contributed by atoms with Gasteiger partial charge in [0.05, 0.1) is 26.2 Å². The van der Waals surface area contributed by atoms with Crippen molar-refractivity contribution in [2.75, 3.05) is 19.8 Å². The number of rotatable bonds is 15. The second-order valence-corrected chi connectivity index (χ2v) is 8.60. The van der Waals surface area contributed by atoms with Crippen LogP contribution in [0.2, 0.25) is 0 Å². The number of carbonyl (C=O) groups is 3. The maximum Gasteiger partial charge on any atom is 0.334 e. The van der Waals surface area contributed by atoms with Crippen molar-refractivity contribution in [3.8, 4) is 0 Å². The zero-order valence-electron chi connectivity index (χ0n) is 18.5.